The van der Waals surface area contributed by atoms with Crippen LogP contribution in [0.25, 0.3) is 0 Å². The summed E-state index contributed by atoms with van der Waals surface area (Å²) in [4.78, 5) is 1.89. The second kappa shape index (κ2) is 3.30. The molecular formula is C6H14N2O2. The largest absolute Gasteiger partial charge is 0.389 e. The minimum Gasteiger partial charge on any atom is -0.389 e. The zero-order chi connectivity index (χ0) is 7.56. The molecule has 1 heterocycles. The van der Waals surface area contributed by atoms with Gasteiger partial charge in [-0.15, -0.1) is 0 Å². The molecule has 0 spiro atoms. The Labute approximate surface area is 60.6 Å². The molecule has 0 saturated carbocycles. The Morgan fingerprint density at radius 2 is 2.40 bits per heavy atom. The molecule has 60 valence electrons. The molecule has 1 saturated heterocycles. The van der Waals surface area contributed by atoms with Crippen LogP contribution < -0.4 is 5.73 Å². The maximum atomic E-state index is 9.27. The minimum absolute atomic E-state index is 0.0880. The smallest absolute Gasteiger partial charge is 0.0951 e. The van der Waals surface area contributed by atoms with Crippen LogP contribution in [0.5, 0.6) is 0 Å². The molecule has 0 aromatic heterocycles. The van der Waals surface area contributed by atoms with Gasteiger partial charge in [-0.3, -0.25) is 4.90 Å². The Kier molecular flexibility index (Phi) is 2.62. The fraction of sp³-hybridized carbons (Fsp3) is 1.00. The standard InChI is InChI=1S/C6H14N2O2/c1-8(4-7)5-2-10-3-6(5)9/h5-6,9H,2-4,7H2,1H3. The van der Waals surface area contributed by atoms with Gasteiger partial charge in [-0.05, 0) is 7.05 Å². The number of rotatable bonds is 2. The molecule has 1 fully saturated rings. The van der Waals surface area contributed by atoms with Crippen LogP contribution in [0.1, 0.15) is 0 Å². The van der Waals surface area contributed by atoms with E-state index in [4.69, 9.17) is 10.5 Å². The summed E-state index contributed by atoms with van der Waals surface area (Å²) >= 11 is 0. The van der Waals surface area contributed by atoms with Crippen molar-refractivity contribution < 1.29 is 9.84 Å². The predicted octanol–water partition coefficient (Wildman–Crippen LogP) is -1.41. The minimum atomic E-state index is -0.367. The summed E-state index contributed by atoms with van der Waals surface area (Å²) in [5, 5.41) is 9.27. The van der Waals surface area contributed by atoms with E-state index < -0.39 is 0 Å². The summed E-state index contributed by atoms with van der Waals surface area (Å²) in [6, 6.07) is 0.0880. The van der Waals surface area contributed by atoms with Crippen LogP contribution >= 0.6 is 0 Å². The monoisotopic (exact) mass is 146 g/mol. The normalized spacial score (nSPS) is 33.6. The summed E-state index contributed by atoms with van der Waals surface area (Å²) in [5.74, 6) is 0. The van der Waals surface area contributed by atoms with Crippen molar-refractivity contribution in [1.29, 1.82) is 0 Å². The van der Waals surface area contributed by atoms with Crippen molar-refractivity contribution >= 4 is 0 Å². The molecule has 0 aliphatic carbocycles. The van der Waals surface area contributed by atoms with E-state index in [9.17, 15) is 5.11 Å². The Hall–Kier alpha value is -0.160. The molecule has 0 aromatic carbocycles. The zero-order valence-corrected chi connectivity index (χ0v) is 6.16. The topological polar surface area (TPSA) is 58.7 Å². The average Bonchev–Trinajstić information content (AvgIpc) is 2.34. The van der Waals surface area contributed by atoms with Gasteiger partial charge in [-0.2, -0.15) is 0 Å². The Morgan fingerprint density at radius 1 is 1.70 bits per heavy atom. The Balaban J connectivity index is 2.38. The highest BCUT2D eigenvalue weighted by Crippen LogP contribution is 2.09. The van der Waals surface area contributed by atoms with Gasteiger partial charge in [0.15, 0.2) is 0 Å². The van der Waals surface area contributed by atoms with E-state index in [-0.39, 0.29) is 12.1 Å². The lowest BCUT2D eigenvalue weighted by molar-refractivity contribution is 0.0967. The molecule has 4 nitrogen and oxygen atoms in total. The highest BCUT2D eigenvalue weighted by atomic mass is 16.5. The van der Waals surface area contributed by atoms with Crippen LogP contribution in [0.4, 0.5) is 0 Å². The first-order valence-electron chi connectivity index (χ1n) is 3.42. The maximum absolute atomic E-state index is 9.27. The van der Waals surface area contributed by atoms with Crippen LogP contribution in [0, 0.1) is 0 Å². The lowest BCUT2D eigenvalue weighted by Gasteiger charge is -2.22. The number of aliphatic hydroxyl groups excluding tert-OH is 1. The number of ether oxygens (including phenoxy) is 1. The number of nitrogens with zero attached hydrogens (tertiary/aromatic N) is 1. The molecule has 2 atom stereocenters. The van der Waals surface area contributed by atoms with E-state index in [1.807, 2.05) is 11.9 Å². The summed E-state index contributed by atoms with van der Waals surface area (Å²) in [7, 11) is 1.88. The molecule has 0 radical (unpaired) electrons. The second-order valence-electron chi connectivity index (χ2n) is 2.61. The molecule has 10 heavy (non-hydrogen) atoms. The maximum Gasteiger partial charge on any atom is 0.0951 e. The molecular weight excluding hydrogens is 132 g/mol. The van der Waals surface area contributed by atoms with Crippen LogP contribution in [-0.2, 0) is 4.74 Å². The molecule has 4 heteroatoms. The van der Waals surface area contributed by atoms with Gasteiger partial charge in [0.25, 0.3) is 0 Å². The average molecular weight is 146 g/mol. The molecule has 1 aliphatic rings. The summed E-state index contributed by atoms with van der Waals surface area (Å²) in [6.45, 7) is 1.50. The highest BCUT2D eigenvalue weighted by molar-refractivity contribution is 4.80. The van der Waals surface area contributed by atoms with E-state index in [1.165, 1.54) is 0 Å². The SMILES string of the molecule is CN(CN)C1COCC1O. The first kappa shape index (κ1) is 7.94. The predicted molar refractivity (Wildman–Crippen MR) is 37.4 cm³/mol. The third-order valence-corrected chi connectivity index (χ3v) is 1.88. The third-order valence-electron chi connectivity index (χ3n) is 1.88. The molecule has 3 N–H and O–H groups in total. The quantitative estimate of drug-likeness (QED) is 0.470. The third kappa shape index (κ3) is 1.46. The Morgan fingerprint density at radius 3 is 2.80 bits per heavy atom. The van der Waals surface area contributed by atoms with E-state index in [1.54, 1.807) is 0 Å². The van der Waals surface area contributed by atoms with Crippen molar-refractivity contribution in [2.24, 2.45) is 5.73 Å². The van der Waals surface area contributed by atoms with Gasteiger partial charge in [0, 0.05) is 6.67 Å². The number of hydrogen-bond donors (Lipinski definition) is 2. The summed E-state index contributed by atoms with van der Waals surface area (Å²) in [6.07, 6.45) is -0.367. The van der Waals surface area contributed by atoms with Gasteiger partial charge in [0.1, 0.15) is 0 Å². The van der Waals surface area contributed by atoms with Crippen LogP contribution in [0.2, 0.25) is 0 Å². The van der Waals surface area contributed by atoms with Crippen LogP contribution in [-0.4, -0.2) is 49.1 Å². The lowest BCUT2D eigenvalue weighted by atomic mass is 10.2. The summed E-state index contributed by atoms with van der Waals surface area (Å²) in [5.41, 5.74) is 5.37. The Bertz CT molecular complexity index is 110. The van der Waals surface area contributed by atoms with E-state index >= 15 is 0 Å². The summed E-state index contributed by atoms with van der Waals surface area (Å²) < 4.78 is 5.05. The lowest BCUT2D eigenvalue weighted by Crippen LogP contribution is -2.43. The molecule has 2 unspecified atom stereocenters. The van der Waals surface area contributed by atoms with E-state index in [2.05, 4.69) is 0 Å². The number of aliphatic hydroxyl groups is 1. The van der Waals surface area contributed by atoms with Gasteiger partial charge < -0.3 is 15.6 Å². The molecule has 1 rings (SSSR count). The first-order valence-corrected chi connectivity index (χ1v) is 3.42. The van der Waals surface area contributed by atoms with Crippen molar-refractivity contribution in [3.05, 3.63) is 0 Å². The number of nitrogens with two attached hydrogens (primary N) is 1. The van der Waals surface area contributed by atoms with E-state index in [0.29, 0.717) is 19.9 Å². The van der Waals surface area contributed by atoms with Crippen molar-refractivity contribution in [3.8, 4) is 0 Å². The molecule has 0 bridgehead atoms. The highest BCUT2D eigenvalue weighted by Gasteiger charge is 2.28. The van der Waals surface area contributed by atoms with Gasteiger partial charge in [-0.25, -0.2) is 0 Å². The first-order chi connectivity index (χ1) is 4.75. The zero-order valence-electron chi connectivity index (χ0n) is 6.16. The van der Waals surface area contributed by atoms with Crippen molar-refractivity contribution in [3.63, 3.8) is 0 Å². The van der Waals surface area contributed by atoms with Gasteiger partial charge in [0.05, 0.1) is 25.4 Å². The fourth-order valence-corrected chi connectivity index (χ4v) is 1.09. The fourth-order valence-electron chi connectivity index (χ4n) is 1.09. The molecule has 0 aromatic rings. The number of likely N-dealkylation sites (N-methyl/N-ethyl adjacent to an activating group) is 1. The van der Waals surface area contributed by atoms with Crippen molar-refractivity contribution in [2.45, 2.75) is 12.1 Å². The molecule has 1 aliphatic heterocycles. The second-order valence-corrected chi connectivity index (χ2v) is 2.61. The van der Waals surface area contributed by atoms with Crippen molar-refractivity contribution in [2.75, 3.05) is 26.9 Å². The van der Waals surface area contributed by atoms with Crippen LogP contribution in [0.3, 0.4) is 0 Å². The number of hydrogen-bond acceptors (Lipinski definition) is 4. The van der Waals surface area contributed by atoms with Gasteiger partial charge >= 0.3 is 0 Å². The van der Waals surface area contributed by atoms with Crippen molar-refractivity contribution in [1.82, 2.24) is 4.90 Å². The van der Waals surface area contributed by atoms with Crippen LogP contribution in [0.15, 0.2) is 0 Å². The van der Waals surface area contributed by atoms with E-state index in [0.717, 1.165) is 0 Å². The van der Waals surface area contributed by atoms with Gasteiger partial charge in [-0.1, -0.05) is 0 Å². The van der Waals surface area contributed by atoms with Gasteiger partial charge in [0.2, 0.25) is 0 Å². The molecule has 0 amide bonds.